The molecule has 0 aliphatic carbocycles. The number of nitrogens with two attached hydrogens (primary N) is 2. The van der Waals surface area contributed by atoms with E-state index >= 15 is 0 Å². The number of carboxylic acids is 1. The Kier molecular flexibility index (Phi) is 24.1. The van der Waals surface area contributed by atoms with Crippen molar-refractivity contribution in [2.24, 2.45) is 11.5 Å². The highest BCUT2D eigenvalue weighted by atomic mass is 33.1. The third kappa shape index (κ3) is 23.9. The maximum Gasteiger partial charge on any atom is 0.307 e. The lowest BCUT2D eigenvalue weighted by Gasteiger charge is -2.05. The monoisotopic (exact) mass is 723 g/mol. The van der Waals surface area contributed by atoms with Gasteiger partial charge in [0.2, 0.25) is 5.91 Å². The minimum atomic E-state index is -0.865. The average molecular weight is 724 g/mol. The Bertz CT molecular complexity index is 1210. The number of carboxylic acid groups (broad SMARTS) is 1. The van der Waals surface area contributed by atoms with Crippen molar-refractivity contribution in [3.8, 4) is 17.2 Å². The predicted molar refractivity (Wildman–Crippen MR) is 198 cm³/mol. The number of rotatable bonds is 19. The maximum atomic E-state index is 11.9. The second-order valence-corrected chi connectivity index (χ2v) is 15.2. The summed E-state index contributed by atoms with van der Waals surface area (Å²) in [6.45, 7) is 2.14. The molecule has 0 spiro atoms. The van der Waals surface area contributed by atoms with Crippen molar-refractivity contribution in [3.63, 3.8) is 0 Å². The van der Waals surface area contributed by atoms with Crippen molar-refractivity contribution in [2.45, 2.75) is 32.1 Å². The summed E-state index contributed by atoms with van der Waals surface area (Å²) in [5, 5.41) is 38.6. The predicted octanol–water partition coefficient (Wildman–Crippen LogP) is 5.03. The number of carbonyl (C=O) groups excluding carboxylic acids is 2. The normalized spacial score (nSPS) is 10.2. The van der Waals surface area contributed by atoms with E-state index in [1.165, 1.54) is 12.1 Å². The molecule has 0 bridgehead atoms. The van der Waals surface area contributed by atoms with E-state index in [2.05, 4.69) is 5.32 Å². The third-order valence-corrected chi connectivity index (χ3v) is 10.7. The van der Waals surface area contributed by atoms with Crippen LogP contribution >= 0.6 is 43.2 Å². The Morgan fingerprint density at radius 3 is 1.43 bits per heavy atom. The van der Waals surface area contributed by atoms with E-state index in [0.717, 1.165) is 53.6 Å². The number of nitrogens with one attached hydrogen (secondary N) is 1. The van der Waals surface area contributed by atoms with E-state index in [-0.39, 0.29) is 35.4 Å². The second-order valence-electron chi connectivity index (χ2n) is 9.78. The van der Waals surface area contributed by atoms with Crippen LogP contribution in [0.25, 0.3) is 0 Å². The van der Waals surface area contributed by atoms with E-state index in [9.17, 15) is 24.6 Å². The molecule has 14 heteroatoms. The molecule has 0 fully saturated rings. The molecule has 3 aromatic rings. The van der Waals surface area contributed by atoms with Crippen molar-refractivity contribution in [1.29, 1.82) is 0 Å². The lowest BCUT2D eigenvalue weighted by Crippen LogP contribution is -2.27. The fourth-order valence-corrected chi connectivity index (χ4v) is 7.18. The first-order chi connectivity index (χ1) is 22.6. The van der Waals surface area contributed by atoms with Crippen molar-refractivity contribution >= 4 is 60.8 Å². The van der Waals surface area contributed by atoms with Crippen LogP contribution in [0.1, 0.15) is 29.5 Å². The van der Waals surface area contributed by atoms with Crippen LogP contribution in [0.15, 0.2) is 72.8 Å². The minimum absolute atomic E-state index is 0.000278. The molecule has 9 N–H and O–H groups in total. The van der Waals surface area contributed by atoms with Crippen molar-refractivity contribution in [2.75, 3.05) is 42.6 Å². The highest BCUT2D eigenvalue weighted by molar-refractivity contribution is 8.77. The molecule has 1 amide bonds. The van der Waals surface area contributed by atoms with Gasteiger partial charge >= 0.3 is 5.97 Å². The largest absolute Gasteiger partial charge is 0.508 e. The molecule has 0 saturated carbocycles. The Hall–Kier alpha value is -3.01. The van der Waals surface area contributed by atoms with Gasteiger partial charge in [-0.25, -0.2) is 0 Å². The fourth-order valence-electron chi connectivity index (χ4n) is 3.47. The Morgan fingerprint density at radius 2 is 0.979 bits per heavy atom. The van der Waals surface area contributed by atoms with Crippen molar-refractivity contribution in [3.05, 3.63) is 89.5 Å². The molecule has 3 rings (SSSR count). The first kappa shape index (κ1) is 42.0. The number of hydrogen-bond donors (Lipinski definition) is 7. The number of aliphatic carboxylic acids is 1. The van der Waals surface area contributed by atoms with Crippen LogP contribution in [0.5, 0.6) is 17.2 Å². The van der Waals surface area contributed by atoms with Gasteiger partial charge in [0.1, 0.15) is 23.0 Å². The summed E-state index contributed by atoms with van der Waals surface area (Å²) in [4.78, 5) is 34.0. The highest BCUT2D eigenvalue weighted by Gasteiger charge is 2.05. The van der Waals surface area contributed by atoms with Crippen molar-refractivity contribution < 1.29 is 34.8 Å². The zero-order chi connectivity index (χ0) is 34.7. The highest BCUT2D eigenvalue weighted by Crippen LogP contribution is 2.22. The van der Waals surface area contributed by atoms with Crippen molar-refractivity contribution in [1.82, 2.24) is 5.32 Å². The SMILES string of the molecule is NCCSSCCN.O=C(CCCSSCCNC(=O)Cc1ccc(O)cc1)Cc1ccc(O)cc1.O=C(O)Cc1ccc(O)cc1. The molecule has 3 aromatic carbocycles. The number of amides is 1. The molecule has 47 heavy (non-hydrogen) atoms. The van der Waals surface area contributed by atoms with Gasteiger partial charge in [-0.15, -0.1) is 0 Å². The number of benzene rings is 3. The van der Waals surface area contributed by atoms with Crippen LogP contribution in [-0.2, 0) is 33.6 Å². The summed E-state index contributed by atoms with van der Waals surface area (Å²) in [6, 6.07) is 19.5. The number of aromatic hydroxyl groups is 3. The minimum Gasteiger partial charge on any atom is -0.508 e. The first-order valence-corrected chi connectivity index (χ1v) is 19.8. The van der Waals surface area contributed by atoms with Gasteiger partial charge in [-0.3, -0.25) is 14.4 Å². The molecule has 10 nitrogen and oxygen atoms in total. The van der Waals surface area contributed by atoms with Crippen LogP contribution in [0, 0.1) is 0 Å². The summed E-state index contributed by atoms with van der Waals surface area (Å²) >= 11 is 0. The molecular weight excluding hydrogens is 679 g/mol. The molecule has 0 aliphatic heterocycles. The summed E-state index contributed by atoms with van der Waals surface area (Å²) in [5.74, 6) is 3.64. The molecule has 0 heterocycles. The molecule has 0 radical (unpaired) electrons. The van der Waals surface area contributed by atoms with Gasteiger partial charge in [-0.2, -0.15) is 0 Å². The lowest BCUT2D eigenvalue weighted by atomic mass is 10.1. The molecule has 0 saturated heterocycles. The Morgan fingerprint density at radius 1 is 0.574 bits per heavy atom. The summed E-state index contributed by atoms with van der Waals surface area (Å²) in [5.41, 5.74) is 13.0. The van der Waals surface area contributed by atoms with Crippen LogP contribution in [0.2, 0.25) is 0 Å². The van der Waals surface area contributed by atoms with Crippen LogP contribution in [0.3, 0.4) is 0 Å². The van der Waals surface area contributed by atoms with Gasteiger partial charge in [0.05, 0.1) is 12.8 Å². The number of hydrogen-bond acceptors (Lipinski definition) is 12. The lowest BCUT2D eigenvalue weighted by molar-refractivity contribution is -0.136. The fraction of sp³-hybridized carbons (Fsp3) is 0.364. The smallest absolute Gasteiger partial charge is 0.307 e. The van der Waals surface area contributed by atoms with E-state index in [1.807, 2.05) is 0 Å². The molecule has 0 unspecified atom stereocenters. The molecule has 0 aromatic heterocycles. The van der Waals surface area contributed by atoms with E-state index in [1.54, 1.807) is 104 Å². The van der Waals surface area contributed by atoms with Gasteiger partial charge < -0.3 is 37.2 Å². The van der Waals surface area contributed by atoms with E-state index < -0.39 is 5.97 Å². The van der Waals surface area contributed by atoms with Crippen LogP contribution < -0.4 is 16.8 Å². The van der Waals surface area contributed by atoms with Gasteiger partial charge in [0.25, 0.3) is 0 Å². The maximum absolute atomic E-state index is 11.9. The molecular formula is C33H45N3O7S4. The second kappa shape index (κ2) is 27.0. The van der Waals surface area contributed by atoms with Gasteiger partial charge in [-0.1, -0.05) is 79.6 Å². The topological polar surface area (TPSA) is 196 Å². The van der Waals surface area contributed by atoms with Gasteiger partial charge in [-0.05, 0) is 59.5 Å². The number of ketones is 1. The molecule has 0 atom stereocenters. The first-order valence-electron chi connectivity index (χ1n) is 14.9. The number of phenolic OH excluding ortho intramolecular Hbond substituents is 3. The standard InChI is InChI=1S/C21H25NO4S2.C8H8O3.C4H12N2S2/c23-18-7-3-16(4-8-18)14-20(25)2-1-12-27-28-13-11-22-21(26)15-17-5-9-19(24)10-6-17;9-7-3-1-6(2-4-7)5-8(10)11;5-1-3-7-8-4-2-6/h3-10,23-24H,1-2,11-15H2,(H,22,26);1-4,9H,5H2,(H,10,11);1-6H2. The zero-order valence-electron chi connectivity index (χ0n) is 26.2. The van der Waals surface area contributed by atoms with Gasteiger partial charge in [0, 0.05) is 55.5 Å². The van der Waals surface area contributed by atoms with E-state index in [0.29, 0.717) is 31.4 Å². The molecule has 0 aliphatic rings. The third-order valence-electron chi connectivity index (χ3n) is 5.69. The number of carbonyl (C=O) groups is 3. The summed E-state index contributed by atoms with van der Waals surface area (Å²) in [7, 11) is 6.98. The zero-order valence-corrected chi connectivity index (χ0v) is 29.5. The average Bonchev–Trinajstić information content (AvgIpc) is 3.04. The van der Waals surface area contributed by atoms with Crippen LogP contribution in [-0.4, -0.2) is 80.7 Å². The number of phenols is 3. The quantitative estimate of drug-likeness (QED) is 0.0643. The van der Waals surface area contributed by atoms with Gasteiger partial charge in [0.15, 0.2) is 0 Å². The summed E-state index contributed by atoms with van der Waals surface area (Å²) < 4.78 is 0. The van der Waals surface area contributed by atoms with Crippen LogP contribution in [0.4, 0.5) is 0 Å². The summed E-state index contributed by atoms with van der Waals surface area (Å²) in [6.07, 6.45) is 2.10. The number of Topliss-reactive ketones (excluding diaryl/α,β-unsaturated/α-hetero) is 1. The van der Waals surface area contributed by atoms with E-state index in [4.69, 9.17) is 21.7 Å². The Labute approximate surface area is 292 Å². The molecule has 258 valence electrons. The Balaban J connectivity index is 0.000000473.